The smallest absolute Gasteiger partial charge is 0.147 e. The number of fused-ring (bicyclic) bond motifs is 1. The van der Waals surface area contributed by atoms with Crippen LogP contribution in [0.1, 0.15) is 54.8 Å². The van der Waals surface area contributed by atoms with Crippen molar-refractivity contribution in [2.75, 3.05) is 13.1 Å². The van der Waals surface area contributed by atoms with Crippen molar-refractivity contribution in [3.63, 3.8) is 0 Å². The van der Waals surface area contributed by atoms with Gasteiger partial charge in [-0.3, -0.25) is 4.90 Å². The van der Waals surface area contributed by atoms with Gasteiger partial charge in [-0.1, -0.05) is 0 Å². The van der Waals surface area contributed by atoms with Gasteiger partial charge in [-0.2, -0.15) is 0 Å². The van der Waals surface area contributed by atoms with Crippen LogP contribution >= 0.6 is 0 Å². The minimum absolute atomic E-state index is 0.509. The lowest BCUT2D eigenvalue weighted by Gasteiger charge is -2.32. The molecule has 0 radical (unpaired) electrons. The molecular formula is C17H24N6. The molecule has 2 aromatic rings. The Kier molecular flexibility index (Phi) is 4.08. The van der Waals surface area contributed by atoms with Crippen LogP contribution in [0.15, 0.2) is 12.3 Å². The molecule has 0 aromatic carbocycles. The number of rotatable bonds is 3. The highest BCUT2D eigenvalue weighted by molar-refractivity contribution is 5.10. The second kappa shape index (κ2) is 6.35. The highest BCUT2D eigenvalue weighted by atomic mass is 15.3. The molecule has 4 heterocycles. The van der Waals surface area contributed by atoms with Crippen LogP contribution in [0.2, 0.25) is 0 Å². The van der Waals surface area contributed by atoms with E-state index in [1.807, 2.05) is 13.1 Å². The number of aromatic nitrogens is 5. The van der Waals surface area contributed by atoms with Crippen molar-refractivity contribution in [1.29, 1.82) is 0 Å². The molecule has 1 unspecified atom stereocenters. The van der Waals surface area contributed by atoms with Gasteiger partial charge >= 0.3 is 0 Å². The third-order valence-corrected chi connectivity index (χ3v) is 5.02. The Morgan fingerprint density at radius 3 is 3.04 bits per heavy atom. The lowest BCUT2D eigenvalue weighted by molar-refractivity contribution is 0.191. The molecule has 0 spiro atoms. The van der Waals surface area contributed by atoms with Crippen molar-refractivity contribution in [3.8, 4) is 0 Å². The standard InChI is InChI=1S/C17H24N6/c1-13-18-8-7-15(19-13)14-5-4-9-22(11-14)12-17-21-20-16-6-2-3-10-23(16)17/h7-8,14H,2-6,9-12H2,1H3. The first kappa shape index (κ1) is 14.8. The van der Waals surface area contributed by atoms with Gasteiger partial charge in [0.25, 0.3) is 0 Å². The predicted octanol–water partition coefficient (Wildman–Crippen LogP) is 2.09. The molecule has 0 aliphatic carbocycles. The first-order valence-electron chi connectivity index (χ1n) is 8.72. The van der Waals surface area contributed by atoms with Crippen LogP contribution in [-0.2, 0) is 19.5 Å². The van der Waals surface area contributed by atoms with Gasteiger partial charge in [-0.25, -0.2) is 9.97 Å². The fourth-order valence-corrected chi connectivity index (χ4v) is 3.83. The normalized spacial score (nSPS) is 22.0. The van der Waals surface area contributed by atoms with E-state index in [0.29, 0.717) is 5.92 Å². The van der Waals surface area contributed by atoms with Crippen molar-refractivity contribution >= 4 is 0 Å². The monoisotopic (exact) mass is 312 g/mol. The summed E-state index contributed by atoms with van der Waals surface area (Å²) in [7, 11) is 0. The van der Waals surface area contributed by atoms with Gasteiger partial charge in [0.1, 0.15) is 17.5 Å². The van der Waals surface area contributed by atoms with Crippen molar-refractivity contribution in [2.45, 2.75) is 58.0 Å². The Morgan fingerprint density at radius 2 is 2.13 bits per heavy atom. The highest BCUT2D eigenvalue weighted by Gasteiger charge is 2.25. The van der Waals surface area contributed by atoms with Gasteiger partial charge in [-0.15, -0.1) is 10.2 Å². The summed E-state index contributed by atoms with van der Waals surface area (Å²) in [6.45, 7) is 6.15. The average molecular weight is 312 g/mol. The van der Waals surface area contributed by atoms with E-state index in [0.717, 1.165) is 44.2 Å². The molecule has 23 heavy (non-hydrogen) atoms. The van der Waals surface area contributed by atoms with Crippen LogP contribution in [0.3, 0.4) is 0 Å². The van der Waals surface area contributed by atoms with E-state index in [4.69, 9.17) is 0 Å². The van der Waals surface area contributed by atoms with Crippen molar-refractivity contribution in [3.05, 3.63) is 35.4 Å². The summed E-state index contributed by atoms with van der Waals surface area (Å²) in [4.78, 5) is 11.4. The van der Waals surface area contributed by atoms with Gasteiger partial charge in [0.2, 0.25) is 0 Å². The van der Waals surface area contributed by atoms with Gasteiger partial charge in [0.15, 0.2) is 0 Å². The molecule has 0 N–H and O–H groups in total. The van der Waals surface area contributed by atoms with Crippen LogP contribution in [0, 0.1) is 6.92 Å². The third kappa shape index (κ3) is 3.13. The minimum atomic E-state index is 0.509. The molecule has 0 saturated carbocycles. The molecule has 4 rings (SSSR count). The summed E-state index contributed by atoms with van der Waals surface area (Å²) in [5.74, 6) is 3.69. The Morgan fingerprint density at radius 1 is 1.17 bits per heavy atom. The van der Waals surface area contributed by atoms with Crippen LogP contribution in [0.25, 0.3) is 0 Å². The maximum absolute atomic E-state index is 4.63. The average Bonchev–Trinajstić information content (AvgIpc) is 2.98. The van der Waals surface area contributed by atoms with Crippen LogP contribution in [-0.4, -0.2) is 42.7 Å². The molecule has 2 aliphatic rings. The van der Waals surface area contributed by atoms with E-state index in [9.17, 15) is 0 Å². The zero-order valence-electron chi connectivity index (χ0n) is 13.8. The Hall–Kier alpha value is -1.82. The molecular weight excluding hydrogens is 288 g/mol. The Labute approximate surface area is 137 Å². The summed E-state index contributed by atoms with van der Waals surface area (Å²) in [5.41, 5.74) is 1.19. The number of hydrogen-bond acceptors (Lipinski definition) is 5. The summed E-state index contributed by atoms with van der Waals surface area (Å²) >= 11 is 0. The topological polar surface area (TPSA) is 59.7 Å². The van der Waals surface area contributed by atoms with Crippen molar-refractivity contribution < 1.29 is 0 Å². The summed E-state index contributed by atoms with van der Waals surface area (Å²) < 4.78 is 2.34. The highest BCUT2D eigenvalue weighted by Crippen LogP contribution is 2.26. The lowest BCUT2D eigenvalue weighted by atomic mass is 9.94. The second-order valence-electron chi connectivity index (χ2n) is 6.74. The van der Waals surface area contributed by atoms with E-state index >= 15 is 0 Å². The van der Waals surface area contributed by atoms with E-state index < -0.39 is 0 Å². The Bertz CT molecular complexity index is 679. The molecule has 6 nitrogen and oxygen atoms in total. The molecule has 1 fully saturated rings. The van der Waals surface area contributed by atoms with E-state index in [1.165, 1.54) is 37.2 Å². The molecule has 6 heteroatoms. The van der Waals surface area contributed by atoms with Gasteiger partial charge in [-0.05, 0) is 45.2 Å². The zero-order valence-corrected chi connectivity index (χ0v) is 13.8. The summed E-state index contributed by atoms with van der Waals surface area (Å²) in [6.07, 6.45) is 7.89. The van der Waals surface area contributed by atoms with Crippen molar-refractivity contribution in [1.82, 2.24) is 29.6 Å². The SMILES string of the molecule is Cc1nccc(C2CCCN(Cc3nnc4n3CCCC4)C2)n1. The fourth-order valence-electron chi connectivity index (χ4n) is 3.83. The predicted molar refractivity (Wildman–Crippen MR) is 87.0 cm³/mol. The molecule has 1 saturated heterocycles. The molecule has 1 atom stereocenters. The largest absolute Gasteiger partial charge is 0.314 e. The number of piperidine rings is 1. The lowest BCUT2D eigenvalue weighted by Crippen LogP contribution is -2.35. The van der Waals surface area contributed by atoms with E-state index in [2.05, 4.69) is 35.7 Å². The number of nitrogens with zero attached hydrogens (tertiary/aromatic N) is 6. The first-order valence-corrected chi connectivity index (χ1v) is 8.72. The maximum Gasteiger partial charge on any atom is 0.147 e. The van der Waals surface area contributed by atoms with Crippen LogP contribution < -0.4 is 0 Å². The zero-order chi connectivity index (χ0) is 15.6. The molecule has 0 bridgehead atoms. The summed E-state index contributed by atoms with van der Waals surface area (Å²) in [5, 5.41) is 8.83. The van der Waals surface area contributed by atoms with Gasteiger partial charge in [0.05, 0.1) is 6.54 Å². The molecule has 2 aromatic heterocycles. The fraction of sp³-hybridized carbons (Fsp3) is 0.647. The minimum Gasteiger partial charge on any atom is -0.314 e. The maximum atomic E-state index is 4.63. The molecule has 0 amide bonds. The quantitative estimate of drug-likeness (QED) is 0.868. The summed E-state index contributed by atoms with van der Waals surface area (Å²) in [6, 6.07) is 2.07. The van der Waals surface area contributed by atoms with Gasteiger partial charge in [0, 0.05) is 37.3 Å². The Balaban J connectivity index is 1.46. The third-order valence-electron chi connectivity index (χ3n) is 5.02. The number of likely N-dealkylation sites (tertiary alicyclic amines) is 1. The number of hydrogen-bond donors (Lipinski definition) is 0. The first-order chi connectivity index (χ1) is 11.3. The molecule has 2 aliphatic heterocycles. The van der Waals surface area contributed by atoms with Gasteiger partial charge < -0.3 is 4.57 Å². The van der Waals surface area contributed by atoms with Crippen LogP contribution in [0.5, 0.6) is 0 Å². The second-order valence-corrected chi connectivity index (χ2v) is 6.74. The molecule has 122 valence electrons. The van der Waals surface area contributed by atoms with Crippen molar-refractivity contribution in [2.24, 2.45) is 0 Å². The van der Waals surface area contributed by atoms with E-state index in [1.54, 1.807) is 0 Å². The van der Waals surface area contributed by atoms with E-state index in [-0.39, 0.29) is 0 Å². The number of aryl methyl sites for hydroxylation is 2. The van der Waals surface area contributed by atoms with Crippen LogP contribution in [0.4, 0.5) is 0 Å².